The highest BCUT2D eigenvalue weighted by Crippen LogP contribution is 2.15. The SMILES string of the molecule is CN(C)CCOc1ccc2nc[nH]c(=O)c2c1. The van der Waals surface area contributed by atoms with Gasteiger partial charge in [-0.25, -0.2) is 4.98 Å². The van der Waals surface area contributed by atoms with Crippen LogP contribution in [0.1, 0.15) is 0 Å². The molecule has 5 heteroatoms. The minimum absolute atomic E-state index is 0.145. The van der Waals surface area contributed by atoms with E-state index in [0.717, 1.165) is 6.54 Å². The maximum Gasteiger partial charge on any atom is 0.258 e. The zero-order chi connectivity index (χ0) is 12.3. The van der Waals surface area contributed by atoms with Crippen molar-refractivity contribution in [2.45, 2.75) is 0 Å². The van der Waals surface area contributed by atoms with Crippen LogP contribution in [0, 0.1) is 0 Å². The number of benzene rings is 1. The Morgan fingerprint density at radius 2 is 2.24 bits per heavy atom. The molecule has 2 rings (SSSR count). The summed E-state index contributed by atoms with van der Waals surface area (Å²) >= 11 is 0. The number of ether oxygens (including phenoxy) is 1. The van der Waals surface area contributed by atoms with E-state index in [1.54, 1.807) is 12.1 Å². The average Bonchev–Trinajstić information content (AvgIpc) is 2.30. The molecule has 1 aromatic heterocycles. The van der Waals surface area contributed by atoms with Gasteiger partial charge in [0, 0.05) is 6.54 Å². The number of H-pyrrole nitrogens is 1. The van der Waals surface area contributed by atoms with Crippen molar-refractivity contribution in [3.63, 3.8) is 0 Å². The first-order chi connectivity index (χ1) is 8.16. The topological polar surface area (TPSA) is 58.2 Å². The van der Waals surface area contributed by atoms with Gasteiger partial charge in [-0.15, -0.1) is 0 Å². The molecule has 0 aliphatic heterocycles. The first-order valence-electron chi connectivity index (χ1n) is 5.42. The Labute approximate surface area is 99.0 Å². The maximum atomic E-state index is 11.6. The van der Waals surface area contributed by atoms with E-state index in [-0.39, 0.29) is 5.56 Å². The van der Waals surface area contributed by atoms with Crippen molar-refractivity contribution in [2.24, 2.45) is 0 Å². The molecule has 0 aliphatic rings. The Hall–Kier alpha value is -1.88. The molecule has 90 valence electrons. The summed E-state index contributed by atoms with van der Waals surface area (Å²) in [7, 11) is 3.97. The van der Waals surface area contributed by atoms with Crippen molar-refractivity contribution < 1.29 is 4.74 Å². The highest BCUT2D eigenvalue weighted by Gasteiger charge is 2.01. The molecule has 0 bridgehead atoms. The van der Waals surface area contributed by atoms with Gasteiger partial charge in [-0.1, -0.05) is 0 Å². The Morgan fingerprint density at radius 1 is 1.41 bits per heavy atom. The third-order valence-electron chi connectivity index (χ3n) is 2.42. The van der Waals surface area contributed by atoms with Gasteiger partial charge in [0.2, 0.25) is 0 Å². The van der Waals surface area contributed by atoms with Crippen LogP contribution in [0.3, 0.4) is 0 Å². The highest BCUT2D eigenvalue weighted by atomic mass is 16.5. The van der Waals surface area contributed by atoms with Gasteiger partial charge in [0.15, 0.2) is 0 Å². The number of fused-ring (bicyclic) bond motifs is 1. The lowest BCUT2D eigenvalue weighted by Crippen LogP contribution is -2.19. The lowest BCUT2D eigenvalue weighted by atomic mass is 10.2. The number of nitrogens with zero attached hydrogens (tertiary/aromatic N) is 2. The summed E-state index contributed by atoms with van der Waals surface area (Å²) in [5.41, 5.74) is 0.529. The summed E-state index contributed by atoms with van der Waals surface area (Å²) in [6, 6.07) is 5.33. The number of hydrogen-bond donors (Lipinski definition) is 1. The standard InChI is InChI=1S/C12H15N3O2/c1-15(2)5-6-17-9-3-4-11-10(7-9)12(16)14-8-13-11/h3-4,7-8H,5-6H2,1-2H3,(H,13,14,16). The second-order valence-electron chi connectivity index (χ2n) is 4.06. The number of aromatic nitrogens is 2. The van der Waals surface area contributed by atoms with Gasteiger partial charge >= 0.3 is 0 Å². The van der Waals surface area contributed by atoms with Gasteiger partial charge in [-0.05, 0) is 32.3 Å². The normalized spacial score (nSPS) is 11.0. The second kappa shape index (κ2) is 4.97. The molecule has 0 amide bonds. The molecule has 5 nitrogen and oxygen atoms in total. The average molecular weight is 233 g/mol. The maximum absolute atomic E-state index is 11.6. The molecule has 0 radical (unpaired) electrons. The minimum Gasteiger partial charge on any atom is -0.492 e. The van der Waals surface area contributed by atoms with E-state index in [0.29, 0.717) is 23.3 Å². The zero-order valence-corrected chi connectivity index (χ0v) is 9.93. The molecule has 0 saturated carbocycles. The molecule has 0 atom stereocenters. The van der Waals surface area contributed by atoms with Crippen LogP contribution in [0.5, 0.6) is 5.75 Å². The third-order valence-corrected chi connectivity index (χ3v) is 2.42. The van der Waals surface area contributed by atoms with E-state index >= 15 is 0 Å². The molecule has 0 spiro atoms. The number of likely N-dealkylation sites (N-methyl/N-ethyl adjacent to an activating group) is 1. The zero-order valence-electron chi connectivity index (χ0n) is 9.93. The first kappa shape index (κ1) is 11.6. The van der Waals surface area contributed by atoms with E-state index in [9.17, 15) is 4.79 Å². The van der Waals surface area contributed by atoms with Crippen LogP contribution in [-0.2, 0) is 0 Å². The Balaban J connectivity index is 2.20. The van der Waals surface area contributed by atoms with Crippen molar-refractivity contribution in [1.29, 1.82) is 0 Å². The fourth-order valence-electron chi connectivity index (χ4n) is 1.48. The fraction of sp³-hybridized carbons (Fsp3) is 0.333. The predicted octanol–water partition coefficient (Wildman–Crippen LogP) is 0.863. The number of nitrogens with one attached hydrogen (secondary N) is 1. The number of rotatable bonds is 4. The monoisotopic (exact) mass is 233 g/mol. The quantitative estimate of drug-likeness (QED) is 0.851. The highest BCUT2D eigenvalue weighted by molar-refractivity contribution is 5.78. The van der Waals surface area contributed by atoms with Crippen LogP contribution in [0.15, 0.2) is 29.3 Å². The molecule has 0 aliphatic carbocycles. The summed E-state index contributed by atoms with van der Waals surface area (Å²) in [5.74, 6) is 0.692. The van der Waals surface area contributed by atoms with Gasteiger partial charge in [0.25, 0.3) is 5.56 Å². The van der Waals surface area contributed by atoms with Crippen molar-refractivity contribution in [3.8, 4) is 5.75 Å². The van der Waals surface area contributed by atoms with E-state index in [2.05, 4.69) is 9.97 Å². The van der Waals surface area contributed by atoms with Gasteiger partial charge in [0.05, 0.1) is 17.2 Å². The van der Waals surface area contributed by atoms with Crippen LogP contribution in [0.4, 0.5) is 0 Å². The number of aromatic amines is 1. The molecule has 1 N–H and O–H groups in total. The van der Waals surface area contributed by atoms with Gasteiger partial charge in [0.1, 0.15) is 12.4 Å². The molecular weight excluding hydrogens is 218 g/mol. The molecule has 0 fully saturated rings. The Bertz CT molecular complexity index is 563. The molecule has 2 aromatic rings. The number of hydrogen-bond acceptors (Lipinski definition) is 4. The summed E-state index contributed by atoms with van der Waals surface area (Å²) in [5, 5.41) is 0.551. The minimum atomic E-state index is -0.145. The molecule has 0 unspecified atom stereocenters. The van der Waals surface area contributed by atoms with E-state index < -0.39 is 0 Å². The van der Waals surface area contributed by atoms with Crippen molar-refractivity contribution in [1.82, 2.24) is 14.9 Å². The molecule has 1 heterocycles. The first-order valence-corrected chi connectivity index (χ1v) is 5.42. The molecular formula is C12H15N3O2. The predicted molar refractivity (Wildman–Crippen MR) is 66.4 cm³/mol. The van der Waals surface area contributed by atoms with Crippen LogP contribution < -0.4 is 10.3 Å². The third kappa shape index (κ3) is 2.82. The van der Waals surface area contributed by atoms with E-state index in [1.165, 1.54) is 6.33 Å². The summed E-state index contributed by atoms with van der Waals surface area (Å²) in [4.78, 5) is 20.2. The fourth-order valence-corrected chi connectivity index (χ4v) is 1.48. The van der Waals surface area contributed by atoms with Gasteiger partial charge < -0.3 is 14.6 Å². The van der Waals surface area contributed by atoms with Crippen LogP contribution in [0.2, 0.25) is 0 Å². The molecule has 17 heavy (non-hydrogen) atoms. The summed E-state index contributed by atoms with van der Waals surface area (Å²) < 4.78 is 5.56. The van der Waals surface area contributed by atoms with Crippen molar-refractivity contribution >= 4 is 10.9 Å². The van der Waals surface area contributed by atoms with Gasteiger partial charge in [-0.2, -0.15) is 0 Å². The van der Waals surface area contributed by atoms with Crippen molar-refractivity contribution in [3.05, 3.63) is 34.9 Å². The largest absolute Gasteiger partial charge is 0.492 e. The van der Waals surface area contributed by atoms with E-state index in [4.69, 9.17) is 4.74 Å². The van der Waals surface area contributed by atoms with Gasteiger partial charge in [-0.3, -0.25) is 4.79 Å². The van der Waals surface area contributed by atoms with Crippen LogP contribution >= 0.6 is 0 Å². The lowest BCUT2D eigenvalue weighted by molar-refractivity contribution is 0.261. The van der Waals surface area contributed by atoms with Crippen molar-refractivity contribution in [2.75, 3.05) is 27.2 Å². The molecule has 1 aromatic carbocycles. The Kier molecular flexibility index (Phi) is 3.39. The summed E-state index contributed by atoms with van der Waals surface area (Å²) in [6.07, 6.45) is 1.40. The smallest absolute Gasteiger partial charge is 0.258 e. The Morgan fingerprint density at radius 3 is 3.00 bits per heavy atom. The molecule has 0 saturated heterocycles. The second-order valence-corrected chi connectivity index (χ2v) is 4.06. The lowest BCUT2D eigenvalue weighted by Gasteiger charge is -2.11. The van der Waals surface area contributed by atoms with E-state index in [1.807, 2.05) is 25.1 Å². The summed E-state index contributed by atoms with van der Waals surface area (Å²) in [6.45, 7) is 1.43. The van der Waals surface area contributed by atoms with Crippen LogP contribution in [-0.4, -0.2) is 42.1 Å². The van der Waals surface area contributed by atoms with Crippen LogP contribution in [0.25, 0.3) is 10.9 Å².